The molecule has 1 aromatic heterocycles. The number of nitrogens with zero attached hydrogens (tertiary/aromatic N) is 3. The molecule has 0 saturated carbocycles. The van der Waals surface area contributed by atoms with Crippen molar-refractivity contribution < 1.29 is 14.3 Å². The molecule has 0 bridgehead atoms. The van der Waals surface area contributed by atoms with Crippen LogP contribution in [0.15, 0.2) is 60.7 Å². The summed E-state index contributed by atoms with van der Waals surface area (Å²) in [6, 6.07) is 19.0. The van der Waals surface area contributed by atoms with Crippen LogP contribution in [0.25, 0.3) is 5.69 Å². The fraction of sp³-hybridized carbons (Fsp3) is 0.370. The van der Waals surface area contributed by atoms with Gasteiger partial charge in [0.1, 0.15) is 11.6 Å². The first-order chi connectivity index (χ1) is 16.2. The molecule has 0 aliphatic rings. The van der Waals surface area contributed by atoms with E-state index in [1.807, 2.05) is 67.6 Å². The Hall–Kier alpha value is -3.61. The van der Waals surface area contributed by atoms with Gasteiger partial charge in [-0.2, -0.15) is 5.10 Å². The van der Waals surface area contributed by atoms with E-state index >= 15 is 0 Å². The van der Waals surface area contributed by atoms with Crippen LogP contribution in [0.4, 0.5) is 5.82 Å². The number of benzene rings is 2. The highest BCUT2D eigenvalue weighted by molar-refractivity contribution is 5.94. The second-order valence-electron chi connectivity index (χ2n) is 9.30. The summed E-state index contributed by atoms with van der Waals surface area (Å²) in [4.78, 5) is 27.6. The van der Waals surface area contributed by atoms with Crippen molar-refractivity contribution in [3.05, 3.63) is 71.9 Å². The average Bonchev–Trinajstić information content (AvgIpc) is 3.24. The summed E-state index contributed by atoms with van der Waals surface area (Å²) < 4.78 is 6.92. The highest BCUT2D eigenvalue weighted by Gasteiger charge is 2.23. The second-order valence-corrected chi connectivity index (χ2v) is 9.30. The zero-order valence-corrected chi connectivity index (χ0v) is 20.7. The number of aromatic nitrogens is 2. The Morgan fingerprint density at radius 2 is 1.74 bits per heavy atom. The molecule has 0 aliphatic heterocycles. The Kier molecular flexibility index (Phi) is 8.10. The van der Waals surface area contributed by atoms with Crippen molar-refractivity contribution in [2.75, 3.05) is 25.5 Å². The third kappa shape index (κ3) is 6.47. The number of hydrogen-bond donors (Lipinski definition) is 1. The molecule has 1 N–H and O–H groups in total. The van der Waals surface area contributed by atoms with Gasteiger partial charge in [0.25, 0.3) is 0 Å². The number of hydrogen-bond acceptors (Lipinski definition) is 4. The third-order valence-electron chi connectivity index (χ3n) is 5.44. The van der Waals surface area contributed by atoms with Gasteiger partial charge >= 0.3 is 0 Å². The van der Waals surface area contributed by atoms with Crippen LogP contribution >= 0.6 is 0 Å². The van der Waals surface area contributed by atoms with E-state index in [0.717, 1.165) is 29.1 Å². The van der Waals surface area contributed by atoms with Gasteiger partial charge in [0, 0.05) is 18.0 Å². The normalized spacial score (nSPS) is 11.2. The lowest BCUT2D eigenvalue weighted by Gasteiger charge is -2.22. The molecule has 3 aromatic rings. The minimum absolute atomic E-state index is 0.0202. The summed E-state index contributed by atoms with van der Waals surface area (Å²) in [6.45, 7) is 8.72. The Morgan fingerprint density at radius 1 is 1.06 bits per heavy atom. The maximum atomic E-state index is 13.0. The fourth-order valence-electron chi connectivity index (χ4n) is 3.55. The van der Waals surface area contributed by atoms with Gasteiger partial charge in [-0.15, -0.1) is 0 Å². The lowest BCUT2D eigenvalue weighted by atomic mass is 9.92. The lowest BCUT2D eigenvalue weighted by Crippen LogP contribution is -2.39. The van der Waals surface area contributed by atoms with Gasteiger partial charge < -0.3 is 15.0 Å². The number of methoxy groups -OCH3 is 1. The van der Waals surface area contributed by atoms with E-state index in [-0.39, 0.29) is 30.2 Å². The number of carbonyl (C=O) groups excluding carboxylic acids is 2. The van der Waals surface area contributed by atoms with Crippen LogP contribution in [0, 0.1) is 0 Å². The predicted octanol–water partition coefficient (Wildman–Crippen LogP) is 4.60. The topological polar surface area (TPSA) is 76.5 Å². The number of anilines is 1. The van der Waals surface area contributed by atoms with E-state index < -0.39 is 0 Å². The van der Waals surface area contributed by atoms with Gasteiger partial charge in [-0.1, -0.05) is 58.0 Å². The number of para-hydroxylation sites is 1. The van der Waals surface area contributed by atoms with Crippen molar-refractivity contribution in [2.45, 2.75) is 46.0 Å². The molecule has 7 heteroatoms. The standard InChI is InChI=1S/C27H34N4O3/c1-6-16-30(26(33)17-20-12-14-22(34-5)15-13-20)19-25(32)28-24-18-23(27(2,3)4)29-31(24)21-10-8-7-9-11-21/h7-15,18H,6,16-17,19H2,1-5H3,(H,28,32). The third-order valence-corrected chi connectivity index (χ3v) is 5.44. The minimum Gasteiger partial charge on any atom is -0.497 e. The molecule has 0 atom stereocenters. The number of carbonyl (C=O) groups is 2. The van der Waals surface area contributed by atoms with Crippen molar-refractivity contribution in [3.8, 4) is 11.4 Å². The largest absolute Gasteiger partial charge is 0.497 e. The SMILES string of the molecule is CCCN(CC(=O)Nc1cc(C(C)(C)C)nn1-c1ccccc1)C(=O)Cc1ccc(OC)cc1. The van der Waals surface area contributed by atoms with Crippen LogP contribution in [0.3, 0.4) is 0 Å². The van der Waals surface area contributed by atoms with E-state index in [2.05, 4.69) is 26.1 Å². The summed E-state index contributed by atoms with van der Waals surface area (Å²) in [6.07, 6.45) is 0.991. The summed E-state index contributed by atoms with van der Waals surface area (Å²) in [5.41, 5.74) is 2.42. The average molecular weight is 463 g/mol. The number of amides is 2. The first-order valence-corrected chi connectivity index (χ1v) is 11.6. The van der Waals surface area contributed by atoms with Crippen molar-refractivity contribution in [2.24, 2.45) is 0 Å². The summed E-state index contributed by atoms with van der Waals surface area (Å²) in [5, 5.41) is 7.71. The molecule has 0 unspecified atom stereocenters. The van der Waals surface area contributed by atoms with Gasteiger partial charge in [-0.05, 0) is 36.2 Å². The van der Waals surface area contributed by atoms with E-state index in [1.165, 1.54) is 0 Å². The van der Waals surface area contributed by atoms with Gasteiger partial charge in [0.15, 0.2) is 0 Å². The van der Waals surface area contributed by atoms with E-state index in [4.69, 9.17) is 9.84 Å². The summed E-state index contributed by atoms with van der Waals surface area (Å²) in [7, 11) is 1.61. The van der Waals surface area contributed by atoms with Crippen molar-refractivity contribution in [3.63, 3.8) is 0 Å². The van der Waals surface area contributed by atoms with Crippen LogP contribution in [-0.2, 0) is 21.4 Å². The van der Waals surface area contributed by atoms with Gasteiger partial charge in [-0.25, -0.2) is 4.68 Å². The molecule has 0 aliphatic carbocycles. The molecule has 0 spiro atoms. The fourth-order valence-corrected chi connectivity index (χ4v) is 3.55. The van der Waals surface area contributed by atoms with Crippen LogP contribution in [-0.4, -0.2) is 46.7 Å². The summed E-state index contributed by atoms with van der Waals surface area (Å²) >= 11 is 0. The molecule has 34 heavy (non-hydrogen) atoms. The highest BCUT2D eigenvalue weighted by Crippen LogP contribution is 2.26. The molecular weight excluding hydrogens is 428 g/mol. The zero-order chi connectivity index (χ0) is 24.7. The number of nitrogens with one attached hydrogen (secondary N) is 1. The van der Waals surface area contributed by atoms with Gasteiger partial charge in [0.05, 0.1) is 31.5 Å². The Morgan fingerprint density at radius 3 is 2.32 bits per heavy atom. The Bertz CT molecular complexity index is 1100. The number of rotatable bonds is 9. The predicted molar refractivity (Wildman–Crippen MR) is 134 cm³/mol. The van der Waals surface area contributed by atoms with E-state index in [9.17, 15) is 9.59 Å². The minimum atomic E-state index is -0.255. The second kappa shape index (κ2) is 11.0. The quantitative estimate of drug-likeness (QED) is 0.504. The maximum Gasteiger partial charge on any atom is 0.245 e. The molecule has 0 fully saturated rings. The number of ether oxygens (including phenoxy) is 1. The van der Waals surface area contributed by atoms with Crippen LogP contribution in [0.5, 0.6) is 5.75 Å². The molecule has 3 rings (SSSR count). The smallest absolute Gasteiger partial charge is 0.245 e. The zero-order valence-electron chi connectivity index (χ0n) is 20.7. The van der Waals surface area contributed by atoms with Crippen LogP contribution in [0.1, 0.15) is 45.4 Å². The first kappa shape index (κ1) is 25.0. The highest BCUT2D eigenvalue weighted by atomic mass is 16.5. The summed E-state index contributed by atoms with van der Waals surface area (Å²) in [5.74, 6) is 0.981. The Balaban J connectivity index is 1.75. The first-order valence-electron chi connectivity index (χ1n) is 11.6. The molecule has 2 aromatic carbocycles. The van der Waals surface area contributed by atoms with Crippen LogP contribution < -0.4 is 10.1 Å². The van der Waals surface area contributed by atoms with Crippen molar-refractivity contribution in [1.29, 1.82) is 0 Å². The van der Waals surface area contributed by atoms with E-state index in [1.54, 1.807) is 16.7 Å². The molecule has 0 radical (unpaired) electrons. The molecule has 1 heterocycles. The molecule has 180 valence electrons. The van der Waals surface area contributed by atoms with Gasteiger partial charge in [0.2, 0.25) is 11.8 Å². The maximum absolute atomic E-state index is 13.0. The van der Waals surface area contributed by atoms with E-state index in [0.29, 0.717) is 12.4 Å². The van der Waals surface area contributed by atoms with Crippen molar-refractivity contribution >= 4 is 17.6 Å². The monoisotopic (exact) mass is 462 g/mol. The Labute approximate surface area is 201 Å². The molecule has 2 amide bonds. The van der Waals surface area contributed by atoms with Crippen LogP contribution in [0.2, 0.25) is 0 Å². The molecule has 7 nitrogen and oxygen atoms in total. The molecule has 0 saturated heterocycles. The van der Waals surface area contributed by atoms with Crippen molar-refractivity contribution in [1.82, 2.24) is 14.7 Å². The lowest BCUT2D eigenvalue weighted by molar-refractivity contribution is -0.134. The van der Waals surface area contributed by atoms with Gasteiger partial charge in [-0.3, -0.25) is 9.59 Å². The molecular formula is C27H34N4O3.